The van der Waals surface area contributed by atoms with Crippen LogP contribution in [0.15, 0.2) is 23.3 Å². The van der Waals surface area contributed by atoms with Crippen LogP contribution < -0.4 is 16.1 Å². The second-order valence-corrected chi connectivity index (χ2v) is 11.0. The van der Waals surface area contributed by atoms with Gasteiger partial charge in [-0.3, -0.25) is 4.79 Å². The van der Waals surface area contributed by atoms with E-state index >= 15 is 4.39 Å². The number of pyridine rings is 1. The number of imidazole rings is 1. The summed E-state index contributed by atoms with van der Waals surface area (Å²) in [6, 6.07) is 0.984. The number of carbonyl (C=O) groups is 1. The van der Waals surface area contributed by atoms with Gasteiger partial charge in [0.25, 0.3) is 0 Å². The molecule has 11 nitrogen and oxygen atoms in total. The fourth-order valence-electron chi connectivity index (χ4n) is 5.25. The molecule has 1 aliphatic heterocycles. The van der Waals surface area contributed by atoms with Gasteiger partial charge >= 0.3 is 11.8 Å². The van der Waals surface area contributed by atoms with E-state index in [0.717, 1.165) is 44.4 Å². The minimum Gasteiger partial charge on any atom is -0.453 e. The maximum absolute atomic E-state index is 15.6. The van der Waals surface area contributed by atoms with Crippen LogP contribution in [-0.4, -0.2) is 56.1 Å². The minimum absolute atomic E-state index is 0.0167. The summed E-state index contributed by atoms with van der Waals surface area (Å²) in [5.41, 5.74) is 5.74. The van der Waals surface area contributed by atoms with E-state index in [1.54, 1.807) is 11.5 Å². The number of rotatable bonds is 8. The zero-order chi connectivity index (χ0) is 28.7. The zero-order valence-electron chi connectivity index (χ0n) is 21.8. The molecular formula is C26H29Cl2FN6O5. The first-order valence-electron chi connectivity index (χ1n) is 13.1. The predicted molar refractivity (Wildman–Crippen MR) is 149 cm³/mol. The van der Waals surface area contributed by atoms with Gasteiger partial charge in [-0.25, -0.2) is 18.7 Å². The number of hydrogen-bond donors (Lipinski definition) is 1. The van der Waals surface area contributed by atoms with E-state index in [4.69, 9.17) is 33.7 Å². The van der Waals surface area contributed by atoms with Gasteiger partial charge in [0.2, 0.25) is 5.43 Å². The van der Waals surface area contributed by atoms with Crippen LogP contribution in [0, 0.1) is 22.9 Å². The maximum Gasteiger partial charge on any atom is 0.344 e. The Hall–Kier alpha value is -3.22. The van der Waals surface area contributed by atoms with Gasteiger partial charge in [-0.2, -0.15) is 0 Å². The first kappa shape index (κ1) is 28.3. The number of nitrogens with two attached hydrogens (primary N) is 1. The summed E-state index contributed by atoms with van der Waals surface area (Å²) in [5.74, 6) is -1.76. The van der Waals surface area contributed by atoms with Crippen LogP contribution in [0.3, 0.4) is 0 Å². The monoisotopic (exact) mass is 594 g/mol. The van der Waals surface area contributed by atoms with Gasteiger partial charge in [-0.1, -0.05) is 18.0 Å². The molecule has 1 aromatic carbocycles. The molecule has 0 spiro atoms. The molecule has 1 saturated heterocycles. The number of esters is 1. The van der Waals surface area contributed by atoms with Crippen molar-refractivity contribution in [3.05, 3.63) is 61.0 Å². The summed E-state index contributed by atoms with van der Waals surface area (Å²) in [6.07, 6.45) is 5.72. The third-order valence-electron chi connectivity index (χ3n) is 7.42. The number of fused-ring (bicyclic) bond motifs is 1. The topological polar surface area (TPSA) is 139 Å². The Morgan fingerprint density at radius 3 is 2.77 bits per heavy atom. The highest BCUT2D eigenvalue weighted by atomic mass is 35.5. The van der Waals surface area contributed by atoms with Crippen molar-refractivity contribution >= 4 is 51.6 Å². The molecule has 3 heterocycles. The highest BCUT2D eigenvalue weighted by molar-refractivity contribution is 6.38. The zero-order valence-corrected chi connectivity index (χ0v) is 23.3. The van der Waals surface area contributed by atoms with E-state index in [1.807, 2.05) is 4.90 Å². The molecule has 5 rings (SSSR count). The molecule has 1 unspecified atom stereocenters. The van der Waals surface area contributed by atoms with Crippen LogP contribution in [0.4, 0.5) is 15.9 Å². The number of anilines is 1. The first-order valence-corrected chi connectivity index (χ1v) is 14.0. The number of nitro groups is 1. The third-order valence-corrected chi connectivity index (χ3v) is 8.12. The van der Waals surface area contributed by atoms with Gasteiger partial charge in [-0.05, 0) is 36.7 Å². The summed E-state index contributed by atoms with van der Waals surface area (Å²) in [7, 11) is 0. The van der Waals surface area contributed by atoms with Crippen molar-refractivity contribution in [1.29, 1.82) is 0 Å². The molecule has 14 heteroatoms. The van der Waals surface area contributed by atoms with Crippen molar-refractivity contribution in [3.8, 4) is 0 Å². The quantitative estimate of drug-likeness (QED) is 0.176. The molecule has 40 heavy (non-hydrogen) atoms. The van der Waals surface area contributed by atoms with Crippen molar-refractivity contribution in [2.75, 3.05) is 23.9 Å². The highest BCUT2D eigenvalue weighted by Gasteiger charge is 2.32. The molecule has 3 aromatic rings. The number of hydrogen-bond acceptors (Lipinski definition) is 8. The smallest absolute Gasteiger partial charge is 0.344 e. The number of carbonyl (C=O) groups excluding carboxylic acids is 1. The van der Waals surface area contributed by atoms with Gasteiger partial charge in [-0.15, -0.1) is 11.6 Å². The van der Waals surface area contributed by atoms with Crippen LogP contribution in [0.25, 0.3) is 10.9 Å². The van der Waals surface area contributed by atoms with E-state index in [1.165, 1.54) is 10.8 Å². The average molecular weight is 595 g/mol. The average Bonchev–Trinajstić information content (AvgIpc) is 3.71. The Kier molecular flexibility index (Phi) is 8.03. The number of halogens is 3. The second kappa shape index (κ2) is 11.3. The van der Waals surface area contributed by atoms with Gasteiger partial charge in [0.05, 0.1) is 27.5 Å². The summed E-state index contributed by atoms with van der Waals surface area (Å²) in [4.78, 5) is 43.3. The fourth-order valence-corrected chi connectivity index (χ4v) is 5.82. The second-order valence-electron chi connectivity index (χ2n) is 10.3. The van der Waals surface area contributed by atoms with Crippen molar-refractivity contribution in [2.45, 2.75) is 63.8 Å². The van der Waals surface area contributed by atoms with E-state index in [0.29, 0.717) is 24.4 Å². The lowest BCUT2D eigenvalue weighted by Crippen LogP contribution is -2.36. The Balaban J connectivity index is 1.52. The molecule has 1 saturated carbocycles. The maximum atomic E-state index is 15.6. The number of alkyl halides is 1. The third kappa shape index (κ3) is 5.39. The van der Waals surface area contributed by atoms with Crippen molar-refractivity contribution < 1.29 is 18.8 Å². The minimum atomic E-state index is -1.000. The molecule has 2 aliphatic rings. The standard InChI is InChI=1S/C26H29Cl2FN6O5/c1-14-31-10-21(35(38)39)33(14)12-17(9-27)40-26(37)19-13-34(16-5-6-16)23-18(25(19)36)8-20(29)24(22(23)28)32-7-3-2-4-15(30)11-32/h8,10,13,15-17H,2-7,9,11-12,30H2,1H3/t15-,17?/m0/s1. The first-order chi connectivity index (χ1) is 19.1. The molecular weight excluding hydrogens is 566 g/mol. The lowest BCUT2D eigenvalue weighted by Gasteiger charge is -2.27. The largest absolute Gasteiger partial charge is 0.453 e. The number of ether oxygens (including phenoxy) is 1. The van der Waals surface area contributed by atoms with Crippen LogP contribution in [0.2, 0.25) is 5.02 Å². The Morgan fingerprint density at radius 1 is 1.35 bits per heavy atom. The van der Waals surface area contributed by atoms with Crippen LogP contribution in [-0.2, 0) is 11.3 Å². The Labute approximate surface area is 238 Å². The fraction of sp³-hybridized carbons (Fsp3) is 0.500. The number of aryl methyl sites for hydroxylation is 1. The molecule has 0 radical (unpaired) electrons. The van der Waals surface area contributed by atoms with Crippen molar-refractivity contribution in [3.63, 3.8) is 0 Å². The summed E-state index contributed by atoms with van der Waals surface area (Å²) in [5, 5.41) is 11.4. The predicted octanol–water partition coefficient (Wildman–Crippen LogP) is 4.32. The normalized spacial score (nSPS) is 18.5. The van der Waals surface area contributed by atoms with Gasteiger partial charge < -0.3 is 30.1 Å². The summed E-state index contributed by atoms with van der Waals surface area (Å²) >= 11 is 12.9. The Morgan fingerprint density at radius 2 is 2.10 bits per heavy atom. The van der Waals surface area contributed by atoms with E-state index < -0.39 is 28.2 Å². The Bertz CT molecular complexity index is 1540. The van der Waals surface area contributed by atoms with E-state index in [2.05, 4.69) is 4.98 Å². The van der Waals surface area contributed by atoms with Gasteiger partial charge in [0.1, 0.15) is 24.1 Å². The van der Waals surface area contributed by atoms with Gasteiger partial charge in [0.15, 0.2) is 11.9 Å². The SMILES string of the molecule is Cc1ncc([N+](=O)[O-])n1CC(CCl)OC(=O)c1cn(C2CC2)c2c(Cl)c(N3CCCC[C@H](N)C3)c(F)cc2c1=O. The summed E-state index contributed by atoms with van der Waals surface area (Å²) in [6.45, 7) is 2.46. The van der Waals surface area contributed by atoms with Crippen molar-refractivity contribution in [1.82, 2.24) is 14.1 Å². The number of benzene rings is 1. The molecule has 1 aliphatic carbocycles. The molecule has 2 fully saturated rings. The number of nitrogens with zero attached hydrogens (tertiary/aromatic N) is 5. The lowest BCUT2D eigenvalue weighted by atomic mass is 10.1. The molecule has 214 valence electrons. The molecule has 0 bridgehead atoms. The van der Waals surface area contributed by atoms with Crippen LogP contribution in [0.5, 0.6) is 0 Å². The molecule has 0 amide bonds. The van der Waals surface area contributed by atoms with E-state index in [9.17, 15) is 19.7 Å². The van der Waals surface area contributed by atoms with Crippen LogP contribution >= 0.6 is 23.2 Å². The van der Waals surface area contributed by atoms with Crippen molar-refractivity contribution in [2.24, 2.45) is 5.73 Å². The summed E-state index contributed by atoms with van der Waals surface area (Å²) < 4.78 is 24.1. The van der Waals surface area contributed by atoms with Gasteiger partial charge in [0, 0.05) is 38.3 Å². The molecule has 2 aromatic heterocycles. The lowest BCUT2D eigenvalue weighted by molar-refractivity contribution is -0.392. The number of aromatic nitrogens is 3. The van der Waals surface area contributed by atoms with Crippen LogP contribution in [0.1, 0.15) is 54.3 Å². The molecule has 2 N–H and O–H groups in total. The molecule has 2 atom stereocenters. The van der Waals surface area contributed by atoms with E-state index in [-0.39, 0.29) is 52.0 Å². The highest BCUT2D eigenvalue weighted by Crippen LogP contribution is 2.42.